The first-order valence-corrected chi connectivity index (χ1v) is 8.16. The molecule has 2 saturated heterocycles. The molecular formula is C16H29NO4. The molecule has 1 unspecified atom stereocenters. The topological polar surface area (TPSA) is 48.0 Å². The van der Waals surface area contributed by atoms with Gasteiger partial charge in [0.15, 0.2) is 6.29 Å². The van der Waals surface area contributed by atoms with Crippen molar-refractivity contribution in [2.24, 2.45) is 0 Å². The van der Waals surface area contributed by atoms with Gasteiger partial charge >= 0.3 is 5.97 Å². The molecule has 21 heavy (non-hydrogen) atoms. The fraction of sp³-hybridized carbons (Fsp3) is 0.938. The van der Waals surface area contributed by atoms with Gasteiger partial charge < -0.3 is 14.2 Å². The van der Waals surface area contributed by atoms with Gasteiger partial charge in [-0.05, 0) is 59.4 Å². The van der Waals surface area contributed by atoms with Gasteiger partial charge in [0.25, 0.3) is 0 Å². The zero-order chi connectivity index (χ0) is 15.3. The third kappa shape index (κ3) is 5.57. The van der Waals surface area contributed by atoms with E-state index in [9.17, 15) is 4.79 Å². The summed E-state index contributed by atoms with van der Waals surface area (Å²) < 4.78 is 16.8. The van der Waals surface area contributed by atoms with E-state index in [1.54, 1.807) is 0 Å². The Balaban J connectivity index is 1.72. The Morgan fingerprint density at radius 3 is 2.71 bits per heavy atom. The minimum absolute atomic E-state index is 0.0543. The lowest BCUT2D eigenvalue weighted by molar-refractivity contribution is -0.168. The van der Waals surface area contributed by atoms with Crippen molar-refractivity contribution in [3.63, 3.8) is 0 Å². The van der Waals surface area contributed by atoms with E-state index in [1.807, 2.05) is 20.8 Å². The Bertz CT molecular complexity index is 334. The molecule has 122 valence electrons. The van der Waals surface area contributed by atoms with Crippen LogP contribution in [-0.4, -0.2) is 55.1 Å². The van der Waals surface area contributed by atoms with Gasteiger partial charge in [-0.1, -0.05) is 0 Å². The van der Waals surface area contributed by atoms with Crippen LogP contribution in [0.5, 0.6) is 0 Å². The molecule has 0 aromatic rings. The van der Waals surface area contributed by atoms with Crippen LogP contribution in [0.2, 0.25) is 0 Å². The zero-order valence-electron chi connectivity index (χ0n) is 13.6. The molecule has 0 amide bonds. The average molecular weight is 299 g/mol. The van der Waals surface area contributed by atoms with E-state index < -0.39 is 5.60 Å². The van der Waals surface area contributed by atoms with Crippen LogP contribution >= 0.6 is 0 Å². The predicted octanol–water partition coefficient (Wildman–Crippen LogP) is 2.34. The van der Waals surface area contributed by atoms with Crippen LogP contribution in [-0.2, 0) is 19.0 Å². The molecule has 0 aromatic heterocycles. The van der Waals surface area contributed by atoms with Crippen LogP contribution in [0.1, 0.15) is 52.9 Å². The molecule has 2 heterocycles. The van der Waals surface area contributed by atoms with Crippen molar-refractivity contribution >= 4 is 5.97 Å². The molecule has 0 spiro atoms. The Labute approximate surface area is 127 Å². The summed E-state index contributed by atoms with van der Waals surface area (Å²) in [6, 6.07) is -0.111. The number of ether oxygens (including phenoxy) is 3. The maximum Gasteiger partial charge on any atom is 0.323 e. The molecule has 0 bridgehead atoms. The Kier molecular flexibility index (Phi) is 6.02. The molecule has 2 aliphatic heterocycles. The van der Waals surface area contributed by atoms with Gasteiger partial charge in [0, 0.05) is 13.2 Å². The fourth-order valence-electron chi connectivity index (χ4n) is 2.87. The van der Waals surface area contributed by atoms with E-state index in [1.165, 1.54) is 6.42 Å². The van der Waals surface area contributed by atoms with Crippen LogP contribution in [0.15, 0.2) is 0 Å². The van der Waals surface area contributed by atoms with E-state index in [0.29, 0.717) is 6.61 Å². The minimum atomic E-state index is -0.419. The standard InChI is InChI=1S/C16H29NO4/c1-16(2,3)21-15(18)13-7-6-9-17(13)10-12-20-14-8-4-5-11-19-14/h13-14H,4-12H2,1-3H3/t13-,14?/m1/s1. The van der Waals surface area contributed by atoms with E-state index in [-0.39, 0.29) is 18.3 Å². The Morgan fingerprint density at radius 2 is 2.05 bits per heavy atom. The summed E-state index contributed by atoms with van der Waals surface area (Å²) in [7, 11) is 0. The van der Waals surface area contributed by atoms with Gasteiger partial charge in [-0.25, -0.2) is 0 Å². The van der Waals surface area contributed by atoms with Gasteiger partial charge in [-0.2, -0.15) is 0 Å². The molecule has 0 radical (unpaired) electrons. The summed E-state index contributed by atoms with van der Waals surface area (Å²) in [6.07, 6.45) is 5.16. The number of hydrogen-bond donors (Lipinski definition) is 0. The molecule has 2 atom stereocenters. The first-order chi connectivity index (χ1) is 9.96. The summed E-state index contributed by atoms with van der Waals surface area (Å²) in [6.45, 7) is 8.86. The second-order valence-corrected chi connectivity index (χ2v) is 6.89. The molecule has 5 heteroatoms. The highest BCUT2D eigenvalue weighted by molar-refractivity contribution is 5.76. The van der Waals surface area contributed by atoms with Gasteiger partial charge in [0.1, 0.15) is 11.6 Å². The van der Waals surface area contributed by atoms with Crippen molar-refractivity contribution in [3.8, 4) is 0 Å². The molecule has 0 aliphatic carbocycles. The third-order valence-corrected chi connectivity index (χ3v) is 3.86. The molecule has 0 N–H and O–H groups in total. The predicted molar refractivity (Wildman–Crippen MR) is 80.0 cm³/mol. The van der Waals surface area contributed by atoms with Crippen LogP contribution in [0.3, 0.4) is 0 Å². The SMILES string of the molecule is CC(C)(C)OC(=O)[C@H]1CCCN1CCOC1CCCCO1. The number of hydrogen-bond acceptors (Lipinski definition) is 5. The maximum atomic E-state index is 12.2. The lowest BCUT2D eigenvalue weighted by Gasteiger charge is -2.28. The molecule has 2 rings (SSSR count). The van der Waals surface area contributed by atoms with Gasteiger partial charge in [-0.15, -0.1) is 0 Å². The van der Waals surface area contributed by atoms with Gasteiger partial charge in [0.05, 0.1) is 6.61 Å². The summed E-state index contributed by atoms with van der Waals surface area (Å²) in [5, 5.41) is 0. The molecule has 0 saturated carbocycles. The second kappa shape index (κ2) is 7.56. The average Bonchev–Trinajstić information content (AvgIpc) is 2.86. The fourth-order valence-corrected chi connectivity index (χ4v) is 2.87. The van der Waals surface area contributed by atoms with Crippen molar-refractivity contribution in [1.29, 1.82) is 0 Å². The highest BCUT2D eigenvalue weighted by atomic mass is 16.7. The highest BCUT2D eigenvalue weighted by Gasteiger charge is 2.33. The summed E-state index contributed by atoms with van der Waals surface area (Å²) in [4.78, 5) is 14.4. The van der Waals surface area contributed by atoms with Crippen LogP contribution in [0.25, 0.3) is 0 Å². The monoisotopic (exact) mass is 299 g/mol. The van der Waals surface area contributed by atoms with E-state index in [0.717, 1.165) is 45.4 Å². The number of esters is 1. The largest absolute Gasteiger partial charge is 0.459 e. The lowest BCUT2D eigenvalue weighted by Crippen LogP contribution is -2.42. The van der Waals surface area contributed by atoms with Crippen molar-refractivity contribution < 1.29 is 19.0 Å². The number of nitrogens with zero attached hydrogens (tertiary/aromatic N) is 1. The summed E-state index contributed by atoms with van der Waals surface area (Å²) >= 11 is 0. The van der Waals surface area contributed by atoms with E-state index in [2.05, 4.69) is 4.90 Å². The Morgan fingerprint density at radius 1 is 1.24 bits per heavy atom. The quantitative estimate of drug-likeness (QED) is 0.729. The van der Waals surface area contributed by atoms with Crippen LogP contribution < -0.4 is 0 Å². The first kappa shape index (κ1) is 16.7. The summed E-state index contributed by atoms with van der Waals surface area (Å²) in [5.41, 5.74) is -0.419. The number of rotatable bonds is 5. The minimum Gasteiger partial charge on any atom is -0.459 e. The molecule has 0 aromatic carbocycles. The molecule has 2 fully saturated rings. The second-order valence-electron chi connectivity index (χ2n) is 6.89. The normalized spacial score (nSPS) is 27.8. The van der Waals surface area contributed by atoms with Gasteiger partial charge in [0.2, 0.25) is 0 Å². The van der Waals surface area contributed by atoms with Crippen molar-refractivity contribution in [2.75, 3.05) is 26.3 Å². The number of carbonyl (C=O) groups is 1. The Hall–Kier alpha value is -0.650. The number of carbonyl (C=O) groups excluding carboxylic acids is 1. The third-order valence-electron chi connectivity index (χ3n) is 3.86. The first-order valence-electron chi connectivity index (χ1n) is 8.16. The van der Waals surface area contributed by atoms with Crippen molar-refractivity contribution in [3.05, 3.63) is 0 Å². The molecular weight excluding hydrogens is 270 g/mol. The molecule has 5 nitrogen and oxygen atoms in total. The molecule has 2 aliphatic rings. The van der Waals surface area contributed by atoms with Crippen molar-refractivity contribution in [2.45, 2.75) is 70.8 Å². The number of likely N-dealkylation sites (tertiary alicyclic amines) is 1. The smallest absolute Gasteiger partial charge is 0.323 e. The highest BCUT2D eigenvalue weighted by Crippen LogP contribution is 2.21. The van der Waals surface area contributed by atoms with Gasteiger partial charge in [-0.3, -0.25) is 9.69 Å². The van der Waals surface area contributed by atoms with Crippen LogP contribution in [0.4, 0.5) is 0 Å². The van der Waals surface area contributed by atoms with Crippen LogP contribution in [0, 0.1) is 0 Å². The van der Waals surface area contributed by atoms with E-state index >= 15 is 0 Å². The van der Waals surface area contributed by atoms with Crippen molar-refractivity contribution in [1.82, 2.24) is 4.90 Å². The zero-order valence-corrected chi connectivity index (χ0v) is 13.6. The lowest BCUT2D eigenvalue weighted by atomic mass is 10.1. The summed E-state index contributed by atoms with van der Waals surface area (Å²) in [5.74, 6) is -0.103. The van der Waals surface area contributed by atoms with E-state index in [4.69, 9.17) is 14.2 Å². The maximum absolute atomic E-state index is 12.2.